The molecule has 1 aromatic heterocycles. The molecule has 0 aliphatic rings. The van der Waals surface area contributed by atoms with E-state index in [4.69, 9.17) is 4.74 Å². The first-order valence-electron chi connectivity index (χ1n) is 7.41. The number of rotatable bonds is 4. The number of para-hydroxylation sites is 1. The zero-order chi connectivity index (χ0) is 17.1. The van der Waals surface area contributed by atoms with Gasteiger partial charge in [0, 0.05) is 0 Å². The van der Waals surface area contributed by atoms with Gasteiger partial charge in [-0.25, -0.2) is 9.78 Å². The van der Waals surface area contributed by atoms with Gasteiger partial charge in [0.05, 0.1) is 36.0 Å². The summed E-state index contributed by atoms with van der Waals surface area (Å²) in [6, 6.07) is 15.6. The molecule has 1 unspecified atom stereocenters. The fourth-order valence-electron chi connectivity index (χ4n) is 2.67. The van der Waals surface area contributed by atoms with Gasteiger partial charge in [-0.3, -0.25) is 9.36 Å². The van der Waals surface area contributed by atoms with Crippen molar-refractivity contribution in [3.8, 4) is 0 Å². The Labute approximate surface area is 138 Å². The van der Waals surface area contributed by atoms with Gasteiger partial charge in [-0.2, -0.15) is 0 Å². The van der Waals surface area contributed by atoms with Crippen LogP contribution in [0.15, 0.2) is 77.9 Å². The molecule has 0 saturated carbocycles. The Bertz CT molecular complexity index is 961. The van der Waals surface area contributed by atoms with Crippen molar-refractivity contribution in [2.45, 2.75) is 6.04 Å². The van der Waals surface area contributed by atoms with E-state index in [0.717, 1.165) is 5.56 Å². The van der Waals surface area contributed by atoms with Gasteiger partial charge in [-0.05, 0) is 17.7 Å². The van der Waals surface area contributed by atoms with Crippen molar-refractivity contribution in [2.75, 3.05) is 7.11 Å². The van der Waals surface area contributed by atoms with Crippen LogP contribution in [-0.2, 0) is 9.53 Å². The van der Waals surface area contributed by atoms with Crippen molar-refractivity contribution in [1.29, 1.82) is 0 Å². The Morgan fingerprint density at radius 1 is 1.12 bits per heavy atom. The average Bonchev–Trinajstić information content (AvgIpc) is 2.64. The molecule has 3 rings (SSSR count). The van der Waals surface area contributed by atoms with E-state index in [0.29, 0.717) is 10.9 Å². The van der Waals surface area contributed by atoms with Crippen LogP contribution in [0.1, 0.15) is 11.6 Å². The van der Waals surface area contributed by atoms with Gasteiger partial charge in [0.15, 0.2) is 0 Å². The fourth-order valence-corrected chi connectivity index (χ4v) is 2.67. The van der Waals surface area contributed by atoms with Crippen molar-refractivity contribution in [3.63, 3.8) is 0 Å². The van der Waals surface area contributed by atoms with Gasteiger partial charge in [-0.15, -0.1) is 0 Å². The van der Waals surface area contributed by atoms with Crippen molar-refractivity contribution in [1.82, 2.24) is 9.55 Å². The van der Waals surface area contributed by atoms with Gasteiger partial charge in [0.1, 0.15) is 0 Å². The standard InChI is InChI=1S/C19H16N2O3/c1-13(19(23)24-2)17(14-8-4-3-5-9-14)21-12-20-16-11-7-6-10-15(16)18(21)22/h3-12,17H,1H2,2H3. The predicted octanol–water partition coefficient (Wildman–Crippen LogP) is 2.72. The van der Waals surface area contributed by atoms with E-state index in [1.165, 1.54) is 18.0 Å². The van der Waals surface area contributed by atoms with Crippen LogP contribution in [0.2, 0.25) is 0 Å². The molecule has 0 bridgehead atoms. The van der Waals surface area contributed by atoms with E-state index in [9.17, 15) is 9.59 Å². The van der Waals surface area contributed by atoms with E-state index >= 15 is 0 Å². The summed E-state index contributed by atoms with van der Waals surface area (Å²) in [5.74, 6) is -0.566. The Morgan fingerprint density at radius 2 is 1.79 bits per heavy atom. The summed E-state index contributed by atoms with van der Waals surface area (Å²) in [6.45, 7) is 3.84. The third-order valence-electron chi connectivity index (χ3n) is 3.86. The molecule has 24 heavy (non-hydrogen) atoms. The third-order valence-corrected chi connectivity index (χ3v) is 3.86. The molecule has 0 N–H and O–H groups in total. The maximum Gasteiger partial charge on any atom is 0.335 e. The van der Waals surface area contributed by atoms with Crippen LogP contribution in [0.3, 0.4) is 0 Å². The second-order valence-corrected chi connectivity index (χ2v) is 5.30. The van der Waals surface area contributed by atoms with Crippen molar-refractivity contribution < 1.29 is 9.53 Å². The number of ether oxygens (including phenoxy) is 1. The van der Waals surface area contributed by atoms with Crippen LogP contribution in [0, 0.1) is 0 Å². The summed E-state index contributed by atoms with van der Waals surface area (Å²) in [4.78, 5) is 29.2. The fraction of sp³-hybridized carbons (Fsp3) is 0.105. The van der Waals surface area contributed by atoms with Crippen LogP contribution in [0.4, 0.5) is 0 Å². The van der Waals surface area contributed by atoms with Gasteiger partial charge in [0.25, 0.3) is 5.56 Å². The molecular weight excluding hydrogens is 304 g/mol. The smallest absolute Gasteiger partial charge is 0.335 e. The van der Waals surface area contributed by atoms with E-state index in [2.05, 4.69) is 11.6 Å². The van der Waals surface area contributed by atoms with Gasteiger partial charge >= 0.3 is 5.97 Å². The molecule has 0 radical (unpaired) electrons. The minimum atomic E-state index is -0.678. The minimum absolute atomic E-state index is 0.169. The molecule has 5 nitrogen and oxygen atoms in total. The van der Waals surface area contributed by atoms with Crippen LogP contribution >= 0.6 is 0 Å². The number of benzene rings is 2. The molecular formula is C19H16N2O3. The zero-order valence-electron chi connectivity index (χ0n) is 13.2. The normalized spacial score (nSPS) is 11.9. The largest absolute Gasteiger partial charge is 0.466 e. The van der Waals surface area contributed by atoms with Gasteiger partial charge in [-0.1, -0.05) is 49.0 Å². The van der Waals surface area contributed by atoms with E-state index < -0.39 is 12.0 Å². The van der Waals surface area contributed by atoms with E-state index in [1.54, 1.807) is 18.2 Å². The first kappa shape index (κ1) is 15.7. The summed E-state index contributed by atoms with van der Waals surface area (Å²) in [5.41, 5.74) is 1.30. The topological polar surface area (TPSA) is 61.2 Å². The number of hydrogen-bond donors (Lipinski definition) is 0. The zero-order valence-corrected chi connectivity index (χ0v) is 13.2. The number of carbonyl (C=O) groups excluding carboxylic acids is 1. The molecule has 1 atom stereocenters. The molecule has 120 valence electrons. The molecule has 0 spiro atoms. The maximum absolute atomic E-state index is 12.9. The van der Waals surface area contributed by atoms with E-state index in [1.807, 2.05) is 36.4 Å². The lowest BCUT2D eigenvalue weighted by Crippen LogP contribution is -2.29. The van der Waals surface area contributed by atoms with Gasteiger partial charge in [0.2, 0.25) is 0 Å². The van der Waals surface area contributed by atoms with Crippen molar-refractivity contribution in [2.24, 2.45) is 0 Å². The van der Waals surface area contributed by atoms with Crippen LogP contribution in [-0.4, -0.2) is 22.6 Å². The Morgan fingerprint density at radius 3 is 2.50 bits per heavy atom. The molecule has 2 aromatic carbocycles. The lowest BCUT2D eigenvalue weighted by Gasteiger charge is -2.21. The lowest BCUT2D eigenvalue weighted by atomic mass is 9.99. The maximum atomic E-state index is 12.9. The van der Waals surface area contributed by atoms with Crippen LogP contribution in [0.25, 0.3) is 10.9 Å². The third kappa shape index (κ3) is 2.72. The molecule has 5 heteroatoms. The Balaban J connectivity index is 2.23. The summed E-state index contributed by atoms with van der Waals surface area (Å²) in [5, 5.41) is 0.485. The predicted molar refractivity (Wildman–Crippen MR) is 91.7 cm³/mol. The average molecular weight is 320 g/mol. The highest BCUT2D eigenvalue weighted by Crippen LogP contribution is 2.25. The van der Waals surface area contributed by atoms with Crippen LogP contribution in [0.5, 0.6) is 0 Å². The number of fused-ring (bicyclic) bond motifs is 1. The summed E-state index contributed by atoms with van der Waals surface area (Å²) in [6.07, 6.45) is 1.44. The number of nitrogens with zero attached hydrogens (tertiary/aromatic N) is 2. The second-order valence-electron chi connectivity index (χ2n) is 5.30. The summed E-state index contributed by atoms with van der Waals surface area (Å²) in [7, 11) is 1.29. The first-order valence-corrected chi connectivity index (χ1v) is 7.41. The molecule has 0 fully saturated rings. The highest BCUT2D eigenvalue weighted by atomic mass is 16.5. The molecule has 1 heterocycles. The number of aromatic nitrogens is 2. The first-order chi connectivity index (χ1) is 11.6. The minimum Gasteiger partial charge on any atom is -0.466 e. The number of esters is 1. The molecule has 0 saturated heterocycles. The molecule has 0 amide bonds. The lowest BCUT2D eigenvalue weighted by molar-refractivity contribution is -0.136. The second kappa shape index (κ2) is 6.50. The highest BCUT2D eigenvalue weighted by Gasteiger charge is 2.24. The molecule has 3 aromatic rings. The van der Waals surface area contributed by atoms with Crippen LogP contribution < -0.4 is 5.56 Å². The van der Waals surface area contributed by atoms with E-state index in [-0.39, 0.29) is 11.1 Å². The summed E-state index contributed by atoms with van der Waals surface area (Å²) >= 11 is 0. The Kier molecular flexibility index (Phi) is 4.24. The monoisotopic (exact) mass is 320 g/mol. The number of methoxy groups -OCH3 is 1. The van der Waals surface area contributed by atoms with Crippen molar-refractivity contribution in [3.05, 3.63) is 89.0 Å². The Hall–Kier alpha value is -3.21. The number of hydrogen-bond acceptors (Lipinski definition) is 4. The molecule has 0 aliphatic heterocycles. The summed E-state index contributed by atoms with van der Waals surface area (Å²) < 4.78 is 6.20. The van der Waals surface area contributed by atoms with Crippen molar-refractivity contribution >= 4 is 16.9 Å². The van der Waals surface area contributed by atoms with Gasteiger partial charge < -0.3 is 4.74 Å². The highest BCUT2D eigenvalue weighted by molar-refractivity contribution is 5.89. The quantitative estimate of drug-likeness (QED) is 0.548. The SMILES string of the molecule is C=C(C(=O)OC)C(c1ccccc1)n1cnc2ccccc2c1=O. The molecule has 0 aliphatic carbocycles. The number of carbonyl (C=O) groups is 1.